The highest BCUT2D eigenvalue weighted by Gasteiger charge is 2.19. The van der Waals surface area contributed by atoms with Gasteiger partial charge >= 0.3 is 6.03 Å². The van der Waals surface area contributed by atoms with E-state index in [0.29, 0.717) is 6.42 Å². The molecule has 0 saturated carbocycles. The first-order chi connectivity index (χ1) is 12.1. The quantitative estimate of drug-likeness (QED) is 0.694. The van der Waals surface area contributed by atoms with Crippen molar-refractivity contribution in [1.29, 1.82) is 0 Å². The standard InChI is InChI=1S/C18H28N4O2S/c1-25-13-10-16(21-18(19)24)17(23)20-14-6-8-15(9-7-14)22-11-4-2-3-5-12-22/h6-9,16H,2-5,10-13H2,1H3,(H,20,23)(H3,19,21,24)/t16-/m0/s1. The van der Waals surface area contributed by atoms with Crippen molar-refractivity contribution in [2.75, 3.05) is 35.3 Å². The lowest BCUT2D eigenvalue weighted by molar-refractivity contribution is -0.117. The molecule has 1 atom stereocenters. The lowest BCUT2D eigenvalue weighted by Crippen LogP contribution is -2.46. The highest BCUT2D eigenvalue weighted by atomic mass is 32.2. The van der Waals surface area contributed by atoms with E-state index >= 15 is 0 Å². The molecular formula is C18H28N4O2S. The summed E-state index contributed by atoms with van der Waals surface area (Å²) in [5.74, 6) is 0.530. The summed E-state index contributed by atoms with van der Waals surface area (Å²) in [4.78, 5) is 25.9. The van der Waals surface area contributed by atoms with Gasteiger partial charge in [-0.05, 0) is 55.5 Å². The van der Waals surface area contributed by atoms with Gasteiger partial charge in [0.2, 0.25) is 5.91 Å². The van der Waals surface area contributed by atoms with E-state index in [-0.39, 0.29) is 5.91 Å². The fourth-order valence-electron chi connectivity index (χ4n) is 2.99. The third-order valence-corrected chi connectivity index (χ3v) is 4.99. The summed E-state index contributed by atoms with van der Waals surface area (Å²) in [5.41, 5.74) is 7.08. The molecule has 2 rings (SSSR count). The number of rotatable bonds is 7. The molecule has 0 aromatic heterocycles. The molecule has 7 heteroatoms. The van der Waals surface area contributed by atoms with Crippen LogP contribution in [0, 0.1) is 0 Å². The number of nitrogens with one attached hydrogen (secondary N) is 2. The number of nitrogens with zero attached hydrogens (tertiary/aromatic N) is 1. The van der Waals surface area contributed by atoms with Crippen LogP contribution in [0.25, 0.3) is 0 Å². The fraction of sp³-hybridized carbons (Fsp3) is 0.556. The van der Waals surface area contributed by atoms with Gasteiger partial charge in [-0.15, -0.1) is 0 Å². The third kappa shape index (κ3) is 6.49. The molecule has 1 aromatic rings. The first-order valence-corrected chi connectivity index (χ1v) is 10.2. The largest absolute Gasteiger partial charge is 0.372 e. The predicted molar refractivity (Wildman–Crippen MR) is 105 cm³/mol. The molecular weight excluding hydrogens is 336 g/mol. The summed E-state index contributed by atoms with van der Waals surface area (Å²) in [6.07, 6.45) is 7.56. The van der Waals surface area contributed by atoms with Crippen molar-refractivity contribution in [3.63, 3.8) is 0 Å². The number of benzene rings is 1. The second-order valence-electron chi connectivity index (χ2n) is 6.28. The van der Waals surface area contributed by atoms with Crippen LogP contribution in [-0.4, -0.2) is 43.1 Å². The second kappa shape index (κ2) is 10.2. The van der Waals surface area contributed by atoms with Gasteiger partial charge in [-0.3, -0.25) is 4.79 Å². The molecule has 0 bridgehead atoms. The summed E-state index contributed by atoms with van der Waals surface area (Å²) in [6, 6.07) is 6.61. The minimum atomic E-state index is -0.683. The molecule has 0 radical (unpaired) electrons. The molecule has 6 nitrogen and oxygen atoms in total. The molecule has 1 fully saturated rings. The molecule has 1 aliphatic rings. The topological polar surface area (TPSA) is 87.5 Å². The Labute approximate surface area is 153 Å². The van der Waals surface area contributed by atoms with Gasteiger partial charge in [0, 0.05) is 24.5 Å². The molecule has 3 amide bonds. The van der Waals surface area contributed by atoms with Gasteiger partial charge in [-0.2, -0.15) is 11.8 Å². The highest BCUT2D eigenvalue weighted by Crippen LogP contribution is 2.21. The first kappa shape index (κ1) is 19.4. The molecule has 1 saturated heterocycles. The molecule has 0 spiro atoms. The molecule has 1 aliphatic heterocycles. The number of amides is 3. The summed E-state index contributed by atoms with van der Waals surface area (Å²) >= 11 is 1.62. The lowest BCUT2D eigenvalue weighted by atomic mass is 10.2. The van der Waals surface area contributed by atoms with Crippen LogP contribution >= 0.6 is 11.8 Å². The highest BCUT2D eigenvalue weighted by molar-refractivity contribution is 7.98. The Hall–Kier alpha value is -1.89. The van der Waals surface area contributed by atoms with Crippen molar-refractivity contribution in [2.24, 2.45) is 5.73 Å². The maximum Gasteiger partial charge on any atom is 0.312 e. The third-order valence-electron chi connectivity index (χ3n) is 4.35. The number of hydrogen-bond donors (Lipinski definition) is 3. The Morgan fingerprint density at radius 1 is 1.16 bits per heavy atom. The van der Waals surface area contributed by atoms with Gasteiger partial charge in [-0.1, -0.05) is 12.8 Å². The average Bonchev–Trinajstić information content (AvgIpc) is 2.88. The van der Waals surface area contributed by atoms with Crippen molar-refractivity contribution in [1.82, 2.24) is 5.32 Å². The Kier molecular flexibility index (Phi) is 7.91. The molecule has 0 aliphatic carbocycles. The second-order valence-corrected chi connectivity index (χ2v) is 7.27. The molecule has 1 heterocycles. The van der Waals surface area contributed by atoms with Crippen LogP contribution in [0.1, 0.15) is 32.1 Å². The number of hydrogen-bond acceptors (Lipinski definition) is 4. The monoisotopic (exact) mass is 364 g/mol. The first-order valence-electron chi connectivity index (χ1n) is 8.81. The fourth-order valence-corrected chi connectivity index (χ4v) is 3.46. The van der Waals surface area contributed by atoms with Crippen molar-refractivity contribution in [3.05, 3.63) is 24.3 Å². The van der Waals surface area contributed by atoms with Crippen LogP contribution < -0.4 is 21.3 Å². The molecule has 25 heavy (non-hydrogen) atoms. The normalized spacial score (nSPS) is 16.0. The van der Waals surface area contributed by atoms with Crippen LogP contribution in [0.2, 0.25) is 0 Å². The maximum atomic E-state index is 12.4. The van der Waals surface area contributed by atoms with Crippen molar-refractivity contribution < 1.29 is 9.59 Å². The van der Waals surface area contributed by atoms with Gasteiger partial charge in [-0.25, -0.2) is 4.79 Å². The zero-order valence-corrected chi connectivity index (χ0v) is 15.6. The van der Waals surface area contributed by atoms with E-state index in [1.54, 1.807) is 11.8 Å². The van der Waals surface area contributed by atoms with E-state index in [9.17, 15) is 9.59 Å². The number of nitrogens with two attached hydrogens (primary N) is 1. The maximum absolute atomic E-state index is 12.4. The summed E-state index contributed by atoms with van der Waals surface area (Å²) in [5, 5.41) is 5.37. The predicted octanol–water partition coefficient (Wildman–Crippen LogP) is 2.80. The molecule has 0 unspecified atom stereocenters. The van der Waals surface area contributed by atoms with Gasteiger partial charge in [0.15, 0.2) is 0 Å². The van der Waals surface area contributed by atoms with E-state index in [4.69, 9.17) is 5.73 Å². The van der Waals surface area contributed by atoms with Gasteiger partial charge in [0.25, 0.3) is 0 Å². The Bertz CT molecular complexity index is 557. The summed E-state index contributed by atoms with van der Waals surface area (Å²) in [7, 11) is 0. The SMILES string of the molecule is CSCC[C@H](NC(N)=O)C(=O)Nc1ccc(N2CCCCCC2)cc1. The zero-order valence-electron chi connectivity index (χ0n) is 14.8. The number of primary amides is 1. The number of urea groups is 1. The van der Waals surface area contributed by atoms with Crippen molar-refractivity contribution >= 4 is 35.1 Å². The smallest absolute Gasteiger partial charge is 0.312 e. The number of thioether (sulfide) groups is 1. The zero-order chi connectivity index (χ0) is 18.1. The van der Waals surface area contributed by atoms with Crippen LogP contribution in [-0.2, 0) is 4.79 Å². The van der Waals surface area contributed by atoms with Gasteiger partial charge < -0.3 is 21.3 Å². The van der Waals surface area contributed by atoms with Gasteiger partial charge in [0.05, 0.1) is 0 Å². The van der Waals surface area contributed by atoms with E-state index in [0.717, 1.165) is 24.5 Å². The van der Waals surface area contributed by atoms with Gasteiger partial charge in [0.1, 0.15) is 6.04 Å². The molecule has 138 valence electrons. The minimum absolute atomic E-state index is 0.240. The molecule has 4 N–H and O–H groups in total. The van der Waals surface area contributed by atoms with Crippen LogP contribution in [0.5, 0.6) is 0 Å². The van der Waals surface area contributed by atoms with Crippen molar-refractivity contribution in [3.8, 4) is 0 Å². The Morgan fingerprint density at radius 3 is 2.36 bits per heavy atom. The van der Waals surface area contributed by atoms with E-state index in [1.165, 1.54) is 31.4 Å². The van der Waals surface area contributed by atoms with E-state index in [2.05, 4.69) is 15.5 Å². The lowest BCUT2D eigenvalue weighted by Gasteiger charge is -2.23. The number of carbonyl (C=O) groups is 2. The van der Waals surface area contributed by atoms with Crippen molar-refractivity contribution in [2.45, 2.75) is 38.1 Å². The Morgan fingerprint density at radius 2 is 1.80 bits per heavy atom. The minimum Gasteiger partial charge on any atom is -0.372 e. The Balaban J connectivity index is 1.95. The number of carbonyl (C=O) groups excluding carboxylic acids is 2. The average molecular weight is 365 g/mol. The van der Waals surface area contributed by atoms with Crippen LogP contribution in [0.4, 0.5) is 16.2 Å². The van der Waals surface area contributed by atoms with E-state index < -0.39 is 12.1 Å². The number of anilines is 2. The van der Waals surface area contributed by atoms with Crippen LogP contribution in [0.15, 0.2) is 24.3 Å². The summed E-state index contributed by atoms with van der Waals surface area (Å²) in [6.45, 7) is 2.18. The molecule has 1 aromatic carbocycles. The van der Waals surface area contributed by atoms with E-state index in [1.807, 2.05) is 30.5 Å². The van der Waals surface area contributed by atoms with Crippen LogP contribution in [0.3, 0.4) is 0 Å². The summed E-state index contributed by atoms with van der Waals surface area (Å²) < 4.78 is 0.